The Labute approximate surface area is 183 Å². The SMILES string of the molecule is C#Cc1cccc2sc(NC(=O)c3c(F)cc(N4CCNCC4C(C)C)cc3F)nc12. The van der Waals surface area contributed by atoms with Gasteiger partial charge in [-0.15, -0.1) is 6.42 Å². The molecular weight excluding hydrogens is 418 g/mol. The average molecular weight is 441 g/mol. The quantitative estimate of drug-likeness (QED) is 0.596. The highest BCUT2D eigenvalue weighted by Gasteiger charge is 2.28. The van der Waals surface area contributed by atoms with Crippen molar-refractivity contribution >= 4 is 38.3 Å². The van der Waals surface area contributed by atoms with Crippen molar-refractivity contribution in [3.8, 4) is 12.3 Å². The highest BCUT2D eigenvalue weighted by atomic mass is 32.1. The van der Waals surface area contributed by atoms with Crippen molar-refractivity contribution in [3.63, 3.8) is 0 Å². The zero-order valence-corrected chi connectivity index (χ0v) is 18.0. The van der Waals surface area contributed by atoms with Crippen molar-refractivity contribution in [2.75, 3.05) is 29.9 Å². The van der Waals surface area contributed by atoms with E-state index in [0.717, 1.165) is 17.8 Å². The van der Waals surface area contributed by atoms with E-state index in [1.165, 1.54) is 23.5 Å². The van der Waals surface area contributed by atoms with Gasteiger partial charge in [-0.2, -0.15) is 0 Å². The fourth-order valence-electron chi connectivity index (χ4n) is 3.86. The minimum atomic E-state index is -0.904. The van der Waals surface area contributed by atoms with Gasteiger partial charge in [-0.05, 0) is 30.2 Å². The second-order valence-electron chi connectivity index (χ2n) is 7.76. The van der Waals surface area contributed by atoms with Crippen LogP contribution in [-0.4, -0.2) is 36.6 Å². The van der Waals surface area contributed by atoms with E-state index in [-0.39, 0.29) is 11.2 Å². The first-order valence-electron chi connectivity index (χ1n) is 10.0. The fraction of sp³-hybridized carbons (Fsp3) is 0.304. The molecule has 5 nitrogen and oxygen atoms in total. The van der Waals surface area contributed by atoms with Gasteiger partial charge in [0, 0.05) is 31.4 Å². The molecule has 1 aliphatic rings. The third-order valence-electron chi connectivity index (χ3n) is 5.43. The van der Waals surface area contributed by atoms with E-state index in [1.807, 2.05) is 11.0 Å². The van der Waals surface area contributed by atoms with E-state index in [1.54, 1.807) is 12.1 Å². The second kappa shape index (κ2) is 8.61. The van der Waals surface area contributed by atoms with Crippen LogP contribution in [0.5, 0.6) is 0 Å². The standard InChI is InChI=1S/C23H22F2N4OS/c1-4-14-6-5-7-19-21(14)27-23(31-19)28-22(30)20-16(24)10-15(11-17(20)25)29-9-8-26-12-18(29)13(2)3/h1,5-7,10-11,13,18,26H,8-9,12H2,2-3H3,(H,27,28,30). The molecule has 1 aliphatic heterocycles. The van der Waals surface area contributed by atoms with E-state index in [4.69, 9.17) is 6.42 Å². The normalized spacial score (nSPS) is 16.5. The maximum atomic E-state index is 14.9. The highest BCUT2D eigenvalue weighted by Crippen LogP contribution is 2.30. The van der Waals surface area contributed by atoms with Crippen LogP contribution in [0.15, 0.2) is 30.3 Å². The van der Waals surface area contributed by atoms with Crippen molar-refractivity contribution < 1.29 is 13.6 Å². The maximum Gasteiger partial charge on any atom is 0.263 e. The van der Waals surface area contributed by atoms with Gasteiger partial charge in [-0.3, -0.25) is 10.1 Å². The van der Waals surface area contributed by atoms with Crippen LogP contribution in [0, 0.1) is 29.9 Å². The summed E-state index contributed by atoms with van der Waals surface area (Å²) in [6, 6.07) is 7.92. The molecule has 1 fully saturated rings. The molecule has 2 aromatic carbocycles. The molecular formula is C23H22F2N4OS. The summed E-state index contributed by atoms with van der Waals surface area (Å²) in [5.74, 6) is 0.144. The topological polar surface area (TPSA) is 57.3 Å². The van der Waals surface area contributed by atoms with E-state index in [0.29, 0.717) is 29.2 Å². The Hall–Kier alpha value is -3.02. The second-order valence-corrected chi connectivity index (χ2v) is 8.79. The zero-order valence-electron chi connectivity index (χ0n) is 17.2. The predicted molar refractivity (Wildman–Crippen MR) is 121 cm³/mol. The molecule has 160 valence electrons. The molecule has 1 aromatic heterocycles. The molecule has 4 rings (SSSR count). The van der Waals surface area contributed by atoms with Crippen molar-refractivity contribution in [2.45, 2.75) is 19.9 Å². The van der Waals surface area contributed by atoms with E-state index in [9.17, 15) is 13.6 Å². The number of carbonyl (C=O) groups excluding carboxylic acids is 1. The summed E-state index contributed by atoms with van der Waals surface area (Å²) in [7, 11) is 0. The number of terminal acetylenes is 1. The average Bonchev–Trinajstić information content (AvgIpc) is 3.15. The minimum absolute atomic E-state index is 0.111. The van der Waals surface area contributed by atoms with Crippen LogP contribution in [0.1, 0.15) is 29.8 Å². The lowest BCUT2D eigenvalue weighted by molar-refractivity contribution is 0.101. The number of anilines is 2. The molecule has 8 heteroatoms. The molecule has 0 spiro atoms. The lowest BCUT2D eigenvalue weighted by atomic mass is 9.99. The van der Waals surface area contributed by atoms with Gasteiger partial charge in [0.15, 0.2) is 5.13 Å². The Morgan fingerprint density at radius 3 is 2.77 bits per heavy atom. The number of hydrogen-bond donors (Lipinski definition) is 2. The third-order valence-corrected chi connectivity index (χ3v) is 6.37. The molecule has 0 saturated carbocycles. The smallest absolute Gasteiger partial charge is 0.263 e. The molecule has 0 bridgehead atoms. The first-order valence-corrected chi connectivity index (χ1v) is 10.8. The van der Waals surface area contributed by atoms with Gasteiger partial charge in [0.05, 0.1) is 15.8 Å². The molecule has 0 radical (unpaired) electrons. The van der Waals surface area contributed by atoms with Crippen molar-refractivity contribution in [3.05, 3.63) is 53.1 Å². The molecule has 2 N–H and O–H groups in total. The largest absolute Gasteiger partial charge is 0.366 e. The molecule has 1 amide bonds. The summed E-state index contributed by atoms with van der Waals surface area (Å²) in [5.41, 5.74) is 0.966. The first-order chi connectivity index (χ1) is 14.9. The van der Waals surface area contributed by atoms with Gasteiger partial charge < -0.3 is 10.2 Å². The number of para-hydroxylation sites is 1. The predicted octanol–water partition coefficient (Wildman–Crippen LogP) is 4.24. The number of rotatable bonds is 4. The van der Waals surface area contributed by atoms with Gasteiger partial charge in [-0.25, -0.2) is 13.8 Å². The van der Waals surface area contributed by atoms with Crippen LogP contribution in [0.3, 0.4) is 0 Å². The number of fused-ring (bicyclic) bond motifs is 1. The monoisotopic (exact) mass is 440 g/mol. The Kier molecular flexibility index (Phi) is 5.90. The summed E-state index contributed by atoms with van der Waals surface area (Å²) < 4.78 is 30.5. The Bertz CT molecular complexity index is 1160. The Balaban J connectivity index is 1.61. The van der Waals surface area contributed by atoms with Crippen molar-refractivity contribution in [2.24, 2.45) is 5.92 Å². The maximum absolute atomic E-state index is 14.9. The molecule has 0 aliphatic carbocycles. The molecule has 1 saturated heterocycles. The van der Waals surface area contributed by atoms with Crippen LogP contribution < -0.4 is 15.5 Å². The molecule has 1 unspecified atom stereocenters. The van der Waals surface area contributed by atoms with Crippen molar-refractivity contribution in [1.29, 1.82) is 0 Å². The first kappa shape index (κ1) is 21.2. The summed E-state index contributed by atoms with van der Waals surface area (Å²) in [5, 5.41) is 6.04. The number of hydrogen-bond acceptors (Lipinski definition) is 5. The number of carbonyl (C=O) groups is 1. The Morgan fingerprint density at radius 2 is 2.10 bits per heavy atom. The molecule has 31 heavy (non-hydrogen) atoms. The van der Waals surface area contributed by atoms with Crippen LogP contribution in [0.2, 0.25) is 0 Å². The summed E-state index contributed by atoms with van der Waals surface area (Å²) in [6.45, 7) is 6.24. The van der Waals surface area contributed by atoms with Gasteiger partial charge in [-0.1, -0.05) is 37.2 Å². The lowest BCUT2D eigenvalue weighted by Gasteiger charge is -2.40. The number of nitrogens with one attached hydrogen (secondary N) is 2. The highest BCUT2D eigenvalue weighted by molar-refractivity contribution is 7.22. The number of benzene rings is 2. The fourth-order valence-corrected chi connectivity index (χ4v) is 4.75. The summed E-state index contributed by atoms with van der Waals surface area (Å²) in [4.78, 5) is 19.0. The van der Waals surface area contributed by atoms with Gasteiger partial charge >= 0.3 is 0 Å². The van der Waals surface area contributed by atoms with E-state index in [2.05, 4.69) is 35.4 Å². The number of amides is 1. The number of piperazine rings is 1. The number of thiazole rings is 1. The molecule has 2 heterocycles. The number of aromatic nitrogens is 1. The van der Waals surface area contributed by atoms with Crippen molar-refractivity contribution in [1.82, 2.24) is 10.3 Å². The van der Waals surface area contributed by atoms with E-state index >= 15 is 0 Å². The minimum Gasteiger partial charge on any atom is -0.366 e. The number of nitrogens with zero attached hydrogens (tertiary/aromatic N) is 2. The van der Waals surface area contributed by atoms with Gasteiger partial charge in [0.1, 0.15) is 17.2 Å². The van der Waals surface area contributed by atoms with Gasteiger partial charge in [0.25, 0.3) is 5.91 Å². The zero-order chi connectivity index (χ0) is 22.1. The number of halogens is 2. The third kappa shape index (κ3) is 4.11. The van der Waals surface area contributed by atoms with Crippen LogP contribution in [-0.2, 0) is 0 Å². The summed E-state index contributed by atoms with van der Waals surface area (Å²) in [6.07, 6.45) is 5.48. The Morgan fingerprint density at radius 1 is 1.35 bits per heavy atom. The van der Waals surface area contributed by atoms with Crippen LogP contribution in [0.4, 0.5) is 19.6 Å². The van der Waals surface area contributed by atoms with Crippen LogP contribution in [0.25, 0.3) is 10.2 Å². The van der Waals surface area contributed by atoms with Crippen LogP contribution >= 0.6 is 11.3 Å². The lowest BCUT2D eigenvalue weighted by Crippen LogP contribution is -2.53. The molecule has 1 atom stereocenters. The molecule has 3 aromatic rings. The summed E-state index contributed by atoms with van der Waals surface area (Å²) >= 11 is 1.19. The van der Waals surface area contributed by atoms with E-state index < -0.39 is 23.1 Å². The van der Waals surface area contributed by atoms with Gasteiger partial charge in [0.2, 0.25) is 0 Å².